The van der Waals surface area contributed by atoms with Crippen LogP contribution in [0.2, 0.25) is 0 Å². The lowest BCUT2D eigenvalue weighted by atomic mass is 10.3. The summed E-state index contributed by atoms with van der Waals surface area (Å²) in [5.74, 6) is 0.0733. The smallest absolute Gasteiger partial charge is 0.138 e. The van der Waals surface area contributed by atoms with Crippen molar-refractivity contribution in [1.82, 2.24) is 0 Å². The van der Waals surface area contributed by atoms with Crippen LogP contribution in [0.15, 0.2) is 18.2 Å². The van der Waals surface area contributed by atoms with Gasteiger partial charge in [-0.25, -0.2) is 0 Å². The number of phenolic OH excluding ortho intramolecular Hbond substituents is 1. The van der Waals surface area contributed by atoms with Gasteiger partial charge in [0.15, 0.2) is 0 Å². The molecule has 0 amide bonds. The Kier molecular flexibility index (Phi) is 3.88. The van der Waals surface area contributed by atoms with Gasteiger partial charge in [0.1, 0.15) is 5.75 Å². The van der Waals surface area contributed by atoms with Crippen LogP contribution < -0.4 is 11.5 Å². The Morgan fingerprint density at radius 3 is 2.09 bits per heavy atom. The predicted octanol–water partition coefficient (Wildman–Crippen LogP) is 1.58. The quantitative estimate of drug-likeness (QED) is 0.302. The molecule has 1 rings (SSSR count). The summed E-state index contributed by atoms with van der Waals surface area (Å²) in [5.41, 5.74) is 11.5. The van der Waals surface area contributed by atoms with Gasteiger partial charge in [-0.3, -0.25) is 0 Å². The number of hydrogen-bond donors (Lipinski definition) is 3. The maximum Gasteiger partial charge on any atom is 0.138 e. The van der Waals surface area contributed by atoms with Gasteiger partial charge in [-0.15, -0.1) is 0 Å². The van der Waals surface area contributed by atoms with Gasteiger partial charge in [0.2, 0.25) is 0 Å². The van der Waals surface area contributed by atoms with E-state index in [0.29, 0.717) is 11.4 Å². The molecule has 0 spiro atoms. The number of nitrogen functional groups attached to an aromatic ring is 2. The van der Waals surface area contributed by atoms with Gasteiger partial charge >= 0.3 is 0 Å². The van der Waals surface area contributed by atoms with Crippen molar-refractivity contribution in [3.8, 4) is 5.75 Å². The summed E-state index contributed by atoms with van der Waals surface area (Å²) in [7, 11) is 0. The molecule has 0 saturated heterocycles. The maximum absolute atomic E-state index is 8.86. The van der Waals surface area contributed by atoms with E-state index in [4.69, 9.17) is 16.6 Å². The highest BCUT2D eigenvalue weighted by molar-refractivity contribution is 5.59. The molecule has 1 aromatic carbocycles. The highest BCUT2D eigenvalue weighted by Crippen LogP contribution is 2.20. The minimum Gasteiger partial charge on any atom is -0.506 e. The van der Waals surface area contributed by atoms with Crippen LogP contribution in [0, 0.1) is 0 Å². The van der Waals surface area contributed by atoms with Crippen LogP contribution in [0.1, 0.15) is 13.8 Å². The van der Waals surface area contributed by atoms with Crippen molar-refractivity contribution < 1.29 is 5.11 Å². The van der Waals surface area contributed by atoms with Crippen LogP contribution in [0.5, 0.6) is 5.75 Å². The van der Waals surface area contributed by atoms with E-state index in [2.05, 4.69) is 0 Å². The zero-order valence-corrected chi connectivity index (χ0v) is 6.83. The van der Waals surface area contributed by atoms with E-state index in [1.54, 1.807) is 6.07 Å². The first kappa shape index (κ1) is 9.62. The number of anilines is 2. The van der Waals surface area contributed by atoms with Gasteiger partial charge in [0, 0.05) is 5.69 Å². The molecule has 3 nitrogen and oxygen atoms in total. The zero-order valence-electron chi connectivity index (χ0n) is 6.83. The minimum absolute atomic E-state index is 0.0733. The van der Waals surface area contributed by atoms with Crippen LogP contribution in [0.25, 0.3) is 0 Å². The molecule has 0 aliphatic rings. The molecule has 0 saturated carbocycles. The third-order valence-electron chi connectivity index (χ3n) is 1.05. The van der Waals surface area contributed by atoms with Gasteiger partial charge in [0.05, 0.1) is 5.69 Å². The number of aromatic hydroxyl groups is 1. The molecule has 0 bridgehead atoms. The molecular weight excluding hydrogens is 140 g/mol. The topological polar surface area (TPSA) is 72.3 Å². The first-order valence-electron chi connectivity index (χ1n) is 3.54. The van der Waals surface area contributed by atoms with E-state index in [1.165, 1.54) is 12.1 Å². The lowest BCUT2D eigenvalue weighted by Gasteiger charge is -1.97. The average Bonchev–Trinajstić information content (AvgIpc) is 2.02. The van der Waals surface area contributed by atoms with E-state index in [0.717, 1.165) is 0 Å². The van der Waals surface area contributed by atoms with E-state index >= 15 is 0 Å². The molecular formula is C8H14N2O. The van der Waals surface area contributed by atoms with E-state index in [1.807, 2.05) is 13.8 Å². The number of hydrogen-bond acceptors (Lipinski definition) is 3. The van der Waals surface area contributed by atoms with Crippen LogP contribution in [-0.2, 0) is 0 Å². The van der Waals surface area contributed by atoms with Crippen molar-refractivity contribution in [2.75, 3.05) is 11.5 Å². The van der Waals surface area contributed by atoms with Crippen molar-refractivity contribution in [3.05, 3.63) is 18.2 Å². The highest BCUT2D eigenvalue weighted by Gasteiger charge is 1.93. The second-order valence-corrected chi connectivity index (χ2v) is 1.82. The molecule has 0 aliphatic carbocycles. The molecule has 0 fully saturated rings. The van der Waals surface area contributed by atoms with E-state index < -0.39 is 0 Å². The lowest BCUT2D eigenvalue weighted by Crippen LogP contribution is -1.88. The summed E-state index contributed by atoms with van der Waals surface area (Å²) in [6, 6.07) is 4.56. The first-order chi connectivity index (χ1) is 5.20. The number of phenols is 1. The van der Waals surface area contributed by atoms with Crippen LogP contribution >= 0.6 is 0 Å². The van der Waals surface area contributed by atoms with Crippen LogP contribution in [0.4, 0.5) is 11.4 Å². The van der Waals surface area contributed by atoms with Gasteiger partial charge < -0.3 is 16.6 Å². The van der Waals surface area contributed by atoms with Gasteiger partial charge in [-0.05, 0) is 18.2 Å². The zero-order chi connectivity index (χ0) is 8.85. The van der Waals surface area contributed by atoms with Crippen LogP contribution in [-0.4, -0.2) is 5.11 Å². The molecule has 3 heteroatoms. The summed E-state index contributed by atoms with van der Waals surface area (Å²) in [6.07, 6.45) is 0. The summed E-state index contributed by atoms with van der Waals surface area (Å²) < 4.78 is 0. The Hall–Kier alpha value is -1.38. The molecule has 0 radical (unpaired) electrons. The maximum atomic E-state index is 8.86. The van der Waals surface area contributed by atoms with Crippen LogP contribution in [0.3, 0.4) is 0 Å². The van der Waals surface area contributed by atoms with Crippen molar-refractivity contribution in [3.63, 3.8) is 0 Å². The fourth-order valence-corrected chi connectivity index (χ4v) is 0.573. The van der Waals surface area contributed by atoms with Gasteiger partial charge in [-0.1, -0.05) is 13.8 Å². The SMILES string of the molecule is CC.Nc1ccc(O)c(N)c1. The molecule has 0 heterocycles. The molecule has 62 valence electrons. The van der Waals surface area contributed by atoms with Crippen molar-refractivity contribution in [1.29, 1.82) is 0 Å². The van der Waals surface area contributed by atoms with Crippen molar-refractivity contribution >= 4 is 11.4 Å². The molecule has 0 atom stereocenters. The number of benzene rings is 1. The second kappa shape index (κ2) is 4.44. The Morgan fingerprint density at radius 1 is 1.18 bits per heavy atom. The molecule has 11 heavy (non-hydrogen) atoms. The standard InChI is InChI=1S/C6H8N2O.C2H6/c7-4-1-2-6(9)5(8)3-4;1-2/h1-3,9H,7-8H2;1-2H3. The summed E-state index contributed by atoms with van der Waals surface area (Å²) >= 11 is 0. The Bertz CT molecular complexity index is 223. The van der Waals surface area contributed by atoms with Gasteiger partial charge in [-0.2, -0.15) is 0 Å². The molecule has 1 aromatic rings. The molecule has 0 unspecified atom stereocenters. The third kappa shape index (κ3) is 2.80. The molecule has 5 N–H and O–H groups in total. The Labute approximate surface area is 66.6 Å². The second-order valence-electron chi connectivity index (χ2n) is 1.82. The lowest BCUT2D eigenvalue weighted by molar-refractivity contribution is 0.478. The largest absolute Gasteiger partial charge is 0.506 e. The fraction of sp³-hybridized carbons (Fsp3) is 0.250. The first-order valence-corrected chi connectivity index (χ1v) is 3.54. The summed E-state index contributed by atoms with van der Waals surface area (Å²) in [4.78, 5) is 0. The van der Waals surface area contributed by atoms with E-state index in [-0.39, 0.29) is 5.75 Å². The average molecular weight is 154 g/mol. The predicted molar refractivity (Wildman–Crippen MR) is 48.3 cm³/mol. The van der Waals surface area contributed by atoms with Gasteiger partial charge in [0.25, 0.3) is 0 Å². The van der Waals surface area contributed by atoms with Crippen molar-refractivity contribution in [2.24, 2.45) is 0 Å². The molecule has 0 aromatic heterocycles. The van der Waals surface area contributed by atoms with E-state index in [9.17, 15) is 0 Å². The highest BCUT2D eigenvalue weighted by atomic mass is 16.3. The molecule has 0 aliphatic heterocycles. The minimum atomic E-state index is 0.0733. The Balaban J connectivity index is 0.000000461. The Morgan fingerprint density at radius 2 is 1.73 bits per heavy atom. The summed E-state index contributed by atoms with van der Waals surface area (Å²) in [6.45, 7) is 4.00. The summed E-state index contributed by atoms with van der Waals surface area (Å²) in [5, 5.41) is 8.86. The van der Waals surface area contributed by atoms with Crippen molar-refractivity contribution in [2.45, 2.75) is 13.8 Å². The number of rotatable bonds is 0. The fourth-order valence-electron chi connectivity index (χ4n) is 0.573. The monoisotopic (exact) mass is 154 g/mol. The number of nitrogens with two attached hydrogens (primary N) is 2. The normalized spacial score (nSPS) is 8.18. The third-order valence-corrected chi connectivity index (χ3v) is 1.05.